The minimum Gasteiger partial charge on any atom is -0.337 e. The lowest BCUT2D eigenvalue weighted by atomic mass is 10.2. The highest BCUT2D eigenvalue weighted by atomic mass is 32.1. The Bertz CT molecular complexity index is 850. The van der Waals surface area contributed by atoms with Crippen molar-refractivity contribution in [3.05, 3.63) is 75.5 Å². The molecule has 3 nitrogen and oxygen atoms in total. The molecule has 1 amide bonds. The number of nitrogens with zero attached hydrogens (tertiary/aromatic N) is 2. The van der Waals surface area contributed by atoms with Gasteiger partial charge in [-0.1, -0.05) is 0 Å². The molecular weight excluding hydrogens is 323 g/mol. The number of halogens is 1. The van der Waals surface area contributed by atoms with Gasteiger partial charge in [0.2, 0.25) is 0 Å². The fraction of sp³-hybridized carbons (Fsp3) is 0.211. The summed E-state index contributed by atoms with van der Waals surface area (Å²) in [5.74, 6) is -0.282. The molecule has 3 rings (SSSR count). The van der Waals surface area contributed by atoms with E-state index in [2.05, 4.69) is 0 Å². The molecule has 0 saturated carbocycles. The lowest BCUT2D eigenvalue weighted by molar-refractivity contribution is 0.0784. The summed E-state index contributed by atoms with van der Waals surface area (Å²) in [6.07, 6.45) is 0. The van der Waals surface area contributed by atoms with Crippen LogP contribution in [-0.4, -0.2) is 22.4 Å². The molecule has 24 heavy (non-hydrogen) atoms. The Morgan fingerprint density at radius 2 is 1.92 bits per heavy atom. The van der Waals surface area contributed by atoms with Gasteiger partial charge in [-0.3, -0.25) is 4.79 Å². The maximum atomic E-state index is 13.2. The third-order valence-electron chi connectivity index (χ3n) is 4.09. The number of carbonyl (C=O) groups is 1. The number of carbonyl (C=O) groups excluding carboxylic acids is 1. The summed E-state index contributed by atoms with van der Waals surface area (Å²) in [6, 6.07) is 10.2. The first-order valence-electron chi connectivity index (χ1n) is 7.69. The molecule has 0 saturated heterocycles. The summed E-state index contributed by atoms with van der Waals surface area (Å²) in [6.45, 7) is 4.45. The van der Waals surface area contributed by atoms with E-state index in [1.165, 1.54) is 12.1 Å². The lowest BCUT2D eigenvalue weighted by Gasteiger charge is -2.17. The molecular formula is C19H19FN2OS. The van der Waals surface area contributed by atoms with E-state index in [9.17, 15) is 9.18 Å². The summed E-state index contributed by atoms with van der Waals surface area (Å²) in [7, 11) is 1.81. The summed E-state index contributed by atoms with van der Waals surface area (Å²) >= 11 is 1.62. The summed E-state index contributed by atoms with van der Waals surface area (Å²) in [5.41, 5.74) is 4.47. The van der Waals surface area contributed by atoms with E-state index in [0.29, 0.717) is 12.1 Å². The van der Waals surface area contributed by atoms with E-state index >= 15 is 0 Å². The van der Waals surface area contributed by atoms with Crippen molar-refractivity contribution in [2.75, 3.05) is 7.05 Å². The minimum absolute atomic E-state index is 0.0114. The minimum atomic E-state index is -0.270. The molecule has 0 aliphatic heterocycles. The van der Waals surface area contributed by atoms with Crippen LogP contribution in [0, 0.1) is 19.7 Å². The van der Waals surface area contributed by atoms with E-state index in [0.717, 1.165) is 22.6 Å². The van der Waals surface area contributed by atoms with Crippen LogP contribution in [0.25, 0.3) is 5.69 Å². The van der Waals surface area contributed by atoms with E-state index in [1.54, 1.807) is 28.4 Å². The molecule has 2 heterocycles. The average molecular weight is 342 g/mol. The molecule has 1 aromatic carbocycles. The summed E-state index contributed by atoms with van der Waals surface area (Å²) in [4.78, 5) is 14.5. The van der Waals surface area contributed by atoms with Gasteiger partial charge in [-0.15, -0.1) is 0 Å². The predicted molar refractivity (Wildman–Crippen MR) is 95.3 cm³/mol. The second-order valence-corrected chi connectivity index (χ2v) is 6.67. The second kappa shape index (κ2) is 6.61. The highest BCUT2D eigenvalue weighted by Gasteiger charge is 2.20. The maximum Gasteiger partial charge on any atom is 0.255 e. The largest absolute Gasteiger partial charge is 0.337 e. The molecule has 0 fully saturated rings. The number of hydrogen-bond acceptors (Lipinski definition) is 2. The van der Waals surface area contributed by atoms with Gasteiger partial charge in [0.25, 0.3) is 5.91 Å². The number of benzene rings is 1. The zero-order chi connectivity index (χ0) is 17.3. The first-order valence-corrected chi connectivity index (χ1v) is 8.63. The molecule has 2 aromatic heterocycles. The summed E-state index contributed by atoms with van der Waals surface area (Å²) in [5, 5.41) is 4.06. The molecule has 0 radical (unpaired) electrons. The van der Waals surface area contributed by atoms with Gasteiger partial charge in [0.1, 0.15) is 5.82 Å². The van der Waals surface area contributed by atoms with Crippen LogP contribution in [0.15, 0.2) is 47.2 Å². The third kappa shape index (κ3) is 3.12. The van der Waals surface area contributed by atoms with Gasteiger partial charge < -0.3 is 9.47 Å². The van der Waals surface area contributed by atoms with Gasteiger partial charge in [-0.25, -0.2) is 4.39 Å². The second-order valence-electron chi connectivity index (χ2n) is 5.89. The lowest BCUT2D eigenvalue weighted by Crippen LogP contribution is -2.26. The standard InChI is InChI=1S/C19H19FN2OS/c1-13-10-18(19(23)21(3)11-15-8-9-24-12-15)14(2)22(13)17-6-4-16(20)5-7-17/h4-10,12H,11H2,1-3H3. The highest BCUT2D eigenvalue weighted by molar-refractivity contribution is 7.07. The van der Waals surface area contributed by atoms with E-state index in [1.807, 2.05) is 48.4 Å². The zero-order valence-corrected chi connectivity index (χ0v) is 14.7. The number of hydrogen-bond donors (Lipinski definition) is 0. The monoisotopic (exact) mass is 342 g/mol. The number of thiophene rings is 1. The molecule has 3 aromatic rings. The van der Waals surface area contributed by atoms with Crippen LogP contribution in [0.5, 0.6) is 0 Å². The number of rotatable bonds is 4. The topological polar surface area (TPSA) is 25.2 Å². The van der Waals surface area contributed by atoms with Crippen LogP contribution in [0.3, 0.4) is 0 Å². The van der Waals surface area contributed by atoms with Gasteiger partial charge in [0.05, 0.1) is 5.56 Å². The van der Waals surface area contributed by atoms with Gasteiger partial charge in [0.15, 0.2) is 0 Å². The van der Waals surface area contributed by atoms with E-state index < -0.39 is 0 Å². The molecule has 124 valence electrons. The quantitative estimate of drug-likeness (QED) is 0.682. The van der Waals surface area contributed by atoms with Crippen molar-refractivity contribution in [3.8, 4) is 5.69 Å². The Morgan fingerprint density at radius 3 is 2.54 bits per heavy atom. The van der Waals surface area contributed by atoms with Crippen LogP contribution in [0.2, 0.25) is 0 Å². The van der Waals surface area contributed by atoms with Crippen LogP contribution < -0.4 is 0 Å². The molecule has 0 atom stereocenters. The van der Waals surface area contributed by atoms with Gasteiger partial charge in [0, 0.05) is 30.7 Å². The molecule has 0 N–H and O–H groups in total. The van der Waals surface area contributed by atoms with Crippen molar-refractivity contribution in [2.24, 2.45) is 0 Å². The van der Waals surface area contributed by atoms with E-state index in [-0.39, 0.29) is 11.7 Å². The van der Waals surface area contributed by atoms with Crippen molar-refractivity contribution in [2.45, 2.75) is 20.4 Å². The Balaban J connectivity index is 1.90. The fourth-order valence-corrected chi connectivity index (χ4v) is 3.56. The smallest absolute Gasteiger partial charge is 0.255 e. The van der Waals surface area contributed by atoms with Crippen molar-refractivity contribution in [3.63, 3.8) is 0 Å². The number of aromatic nitrogens is 1. The highest BCUT2D eigenvalue weighted by Crippen LogP contribution is 2.22. The Labute approximate surface area is 145 Å². The molecule has 0 bridgehead atoms. The first kappa shape index (κ1) is 16.5. The van der Waals surface area contributed by atoms with Crippen molar-refractivity contribution in [1.82, 2.24) is 9.47 Å². The number of aryl methyl sites for hydroxylation is 1. The van der Waals surface area contributed by atoms with Crippen LogP contribution in [-0.2, 0) is 6.54 Å². The third-order valence-corrected chi connectivity index (χ3v) is 4.82. The molecule has 0 aliphatic carbocycles. The van der Waals surface area contributed by atoms with Gasteiger partial charge in [-0.05, 0) is 66.6 Å². The molecule has 5 heteroatoms. The number of amides is 1. The Kier molecular flexibility index (Phi) is 4.53. The van der Waals surface area contributed by atoms with Crippen LogP contribution >= 0.6 is 11.3 Å². The Hall–Kier alpha value is -2.40. The van der Waals surface area contributed by atoms with Crippen LogP contribution in [0.1, 0.15) is 27.3 Å². The fourth-order valence-electron chi connectivity index (χ4n) is 2.90. The van der Waals surface area contributed by atoms with E-state index in [4.69, 9.17) is 0 Å². The SMILES string of the molecule is Cc1cc(C(=O)N(C)Cc2ccsc2)c(C)n1-c1ccc(F)cc1. The van der Waals surface area contributed by atoms with Gasteiger partial charge in [-0.2, -0.15) is 11.3 Å². The first-order chi connectivity index (χ1) is 11.5. The van der Waals surface area contributed by atoms with Crippen molar-refractivity contribution in [1.29, 1.82) is 0 Å². The molecule has 0 unspecified atom stereocenters. The van der Waals surface area contributed by atoms with Crippen molar-refractivity contribution >= 4 is 17.2 Å². The molecule has 0 aliphatic rings. The molecule has 0 spiro atoms. The predicted octanol–water partition coefficient (Wildman–Crippen LogP) is 4.57. The zero-order valence-electron chi connectivity index (χ0n) is 13.9. The summed E-state index contributed by atoms with van der Waals surface area (Å²) < 4.78 is 15.1. The van der Waals surface area contributed by atoms with Crippen LogP contribution in [0.4, 0.5) is 4.39 Å². The Morgan fingerprint density at radius 1 is 1.21 bits per heavy atom. The van der Waals surface area contributed by atoms with Crippen molar-refractivity contribution < 1.29 is 9.18 Å². The van der Waals surface area contributed by atoms with Gasteiger partial charge >= 0.3 is 0 Å². The average Bonchev–Trinajstić information content (AvgIpc) is 3.16. The normalized spacial score (nSPS) is 10.8. The maximum absolute atomic E-state index is 13.2.